The number of rotatable bonds is 13. The summed E-state index contributed by atoms with van der Waals surface area (Å²) in [6, 6.07) is 6.63. The van der Waals surface area contributed by atoms with Gasteiger partial charge in [0.15, 0.2) is 0 Å². The van der Waals surface area contributed by atoms with Crippen molar-refractivity contribution in [2.24, 2.45) is 5.73 Å². The maximum absolute atomic E-state index is 12.5. The molecule has 0 saturated heterocycles. The number of hydrogen-bond acceptors (Lipinski definition) is 4. The predicted octanol–water partition coefficient (Wildman–Crippen LogP) is 4.09. The van der Waals surface area contributed by atoms with E-state index in [2.05, 4.69) is 6.92 Å². The SMILES string of the molecule is CCCCCCCC(CCCC(N)=O)OS(=O)(=O)c1ccc(C)cc1. The van der Waals surface area contributed by atoms with Crippen LogP contribution in [-0.2, 0) is 19.1 Å². The fraction of sp³-hybridized carbons (Fsp3) is 0.632. The van der Waals surface area contributed by atoms with Gasteiger partial charge < -0.3 is 5.73 Å². The standard InChI is InChI=1S/C19H31NO4S/c1-3-4-5-6-7-9-17(10-8-11-19(20)21)24-25(22,23)18-14-12-16(2)13-15-18/h12-15,17H,3-11H2,1-2H3,(H2,20,21). The van der Waals surface area contributed by atoms with E-state index in [-0.39, 0.29) is 17.2 Å². The van der Waals surface area contributed by atoms with Crippen molar-refractivity contribution in [3.8, 4) is 0 Å². The van der Waals surface area contributed by atoms with Gasteiger partial charge in [-0.15, -0.1) is 0 Å². The maximum atomic E-state index is 12.5. The van der Waals surface area contributed by atoms with Crippen molar-refractivity contribution in [1.29, 1.82) is 0 Å². The van der Waals surface area contributed by atoms with Crippen LogP contribution in [0.5, 0.6) is 0 Å². The molecular weight excluding hydrogens is 338 g/mol. The average Bonchev–Trinajstić information content (AvgIpc) is 2.54. The molecule has 0 radical (unpaired) electrons. The molecule has 0 spiro atoms. The zero-order chi connectivity index (χ0) is 18.7. The highest BCUT2D eigenvalue weighted by molar-refractivity contribution is 7.86. The first-order valence-corrected chi connectivity index (χ1v) is 10.5. The Balaban J connectivity index is 2.65. The highest BCUT2D eigenvalue weighted by Crippen LogP contribution is 2.21. The van der Waals surface area contributed by atoms with Crippen LogP contribution in [0.15, 0.2) is 29.2 Å². The molecule has 1 aromatic carbocycles. The summed E-state index contributed by atoms with van der Waals surface area (Å²) >= 11 is 0. The Hall–Kier alpha value is -1.40. The Morgan fingerprint density at radius 1 is 1.04 bits per heavy atom. The summed E-state index contributed by atoms with van der Waals surface area (Å²) in [4.78, 5) is 11.1. The maximum Gasteiger partial charge on any atom is 0.297 e. The normalized spacial score (nSPS) is 12.9. The molecule has 0 bridgehead atoms. The lowest BCUT2D eigenvalue weighted by molar-refractivity contribution is -0.118. The zero-order valence-electron chi connectivity index (χ0n) is 15.4. The molecule has 0 aliphatic heterocycles. The van der Waals surface area contributed by atoms with E-state index in [0.29, 0.717) is 19.3 Å². The molecule has 0 aliphatic carbocycles. The Labute approximate surface area is 152 Å². The first kappa shape index (κ1) is 21.6. The van der Waals surface area contributed by atoms with Gasteiger partial charge in [-0.2, -0.15) is 8.42 Å². The van der Waals surface area contributed by atoms with Gasteiger partial charge in [0.05, 0.1) is 11.0 Å². The van der Waals surface area contributed by atoms with Crippen molar-refractivity contribution < 1.29 is 17.4 Å². The van der Waals surface area contributed by atoms with E-state index in [1.807, 2.05) is 6.92 Å². The number of hydrogen-bond donors (Lipinski definition) is 1. The van der Waals surface area contributed by atoms with Crippen LogP contribution in [0.4, 0.5) is 0 Å². The number of primary amides is 1. The van der Waals surface area contributed by atoms with E-state index in [1.165, 1.54) is 12.8 Å². The van der Waals surface area contributed by atoms with Crippen molar-refractivity contribution in [1.82, 2.24) is 0 Å². The van der Waals surface area contributed by atoms with Gasteiger partial charge in [-0.1, -0.05) is 56.7 Å². The fourth-order valence-electron chi connectivity index (χ4n) is 2.66. The molecule has 1 atom stereocenters. The molecule has 5 nitrogen and oxygen atoms in total. The topological polar surface area (TPSA) is 86.5 Å². The first-order chi connectivity index (χ1) is 11.8. The lowest BCUT2D eigenvalue weighted by Gasteiger charge is -2.17. The quantitative estimate of drug-likeness (QED) is 0.419. The van der Waals surface area contributed by atoms with Crippen molar-refractivity contribution in [2.75, 3.05) is 0 Å². The smallest absolute Gasteiger partial charge is 0.297 e. The molecule has 2 N–H and O–H groups in total. The summed E-state index contributed by atoms with van der Waals surface area (Å²) in [5.41, 5.74) is 6.16. The highest BCUT2D eigenvalue weighted by Gasteiger charge is 2.21. The lowest BCUT2D eigenvalue weighted by Crippen LogP contribution is -2.20. The van der Waals surface area contributed by atoms with E-state index in [0.717, 1.165) is 24.8 Å². The zero-order valence-corrected chi connectivity index (χ0v) is 16.2. The van der Waals surface area contributed by atoms with E-state index < -0.39 is 16.2 Å². The van der Waals surface area contributed by atoms with E-state index in [9.17, 15) is 13.2 Å². The van der Waals surface area contributed by atoms with Crippen molar-refractivity contribution >= 4 is 16.0 Å². The Kier molecular flexibility index (Phi) is 9.75. The van der Waals surface area contributed by atoms with E-state index in [1.54, 1.807) is 24.3 Å². The number of amides is 1. The molecule has 0 aromatic heterocycles. The molecule has 0 heterocycles. The number of benzene rings is 1. The number of aryl methyl sites for hydroxylation is 1. The van der Waals surface area contributed by atoms with Gasteiger partial charge in [-0.3, -0.25) is 8.98 Å². The van der Waals surface area contributed by atoms with Crippen LogP contribution in [0.25, 0.3) is 0 Å². The van der Waals surface area contributed by atoms with Gasteiger partial charge in [0, 0.05) is 6.42 Å². The second-order valence-electron chi connectivity index (χ2n) is 6.55. The van der Waals surface area contributed by atoms with Gasteiger partial charge in [-0.25, -0.2) is 0 Å². The Morgan fingerprint density at radius 2 is 1.64 bits per heavy atom. The highest BCUT2D eigenvalue weighted by atomic mass is 32.2. The van der Waals surface area contributed by atoms with Gasteiger partial charge in [0.1, 0.15) is 0 Å². The summed E-state index contributed by atoms with van der Waals surface area (Å²) in [6.45, 7) is 4.06. The number of carbonyl (C=O) groups excluding carboxylic acids is 1. The van der Waals surface area contributed by atoms with Crippen LogP contribution < -0.4 is 5.73 Å². The van der Waals surface area contributed by atoms with Crippen molar-refractivity contribution in [3.63, 3.8) is 0 Å². The van der Waals surface area contributed by atoms with Gasteiger partial charge >= 0.3 is 0 Å². The fourth-order valence-corrected chi connectivity index (χ4v) is 3.79. The minimum absolute atomic E-state index is 0.170. The third-order valence-electron chi connectivity index (χ3n) is 4.15. The summed E-state index contributed by atoms with van der Waals surface area (Å²) < 4.78 is 30.4. The number of carbonyl (C=O) groups is 1. The van der Waals surface area contributed by atoms with Crippen LogP contribution in [0, 0.1) is 6.92 Å². The van der Waals surface area contributed by atoms with Gasteiger partial charge in [0.25, 0.3) is 10.1 Å². The minimum Gasteiger partial charge on any atom is -0.370 e. The van der Waals surface area contributed by atoms with Crippen LogP contribution in [-0.4, -0.2) is 20.4 Å². The molecule has 0 fully saturated rings. The molecule has 0 saturated carbocycles. The van der Waals surface area contributed by atoms with Crippen molar-refractivity contribution in [3.05, 3.63) is 29.8 Å². The largest absolute Gasteiger partial charge is 0.370 e. The second kappa shape index (κ2) is 11.3. The molecular formula is C19H31NO4S. The molecule has 1 rings (SSSR count). The molecule has 1 unspecified atom stereocenters. The molecule has 1 aromatic rings. The molecule has 142 valence electrons. The van der Waals surface area contributed by atoms with E-state index in [4.69, 9.17) is 9.92 Å². The third kappa shape index (κ3) is 9.02. The molecule has 1 amide bonds. The lowest BCUT2D eigenvalue weighted by atomic mass is 10.0. The Morgan fingerprint density at radius 3 is 2.24 bits per heavy atom. The van der Waals surface area contributed by atoms with Gasteiger partial charge in [-0.05, 0) is 38.3 Å². The minimum atomic E-state index is -3.79. The number of nitrogens with two attached hydrogens (primary N) is 1. The summed E-state index contributed by atoms with van der Waals surface area (Å²) in [6.07, 6.45) is 7.06. The van der Waals surface area contributed by atoms with Crippen LogP contribution >= 0.6 is 0 Å². The van der Waals surface area contributed by atoms with Crippen LogP contribution in [0.1, 0.15) is 70.3 Å². The van der Waals surface area contributed by atoms with Crippen LogP contribution in [0.3, 0.4) is 0 Å². The monoisotopic (exact) mass is 369 g/mol. The summed E-state index contributed by atoms with van der Waals surface area (Å²) in [5.74, 6) is -0.372. The third-order valence-corrected chi connectivity index (χ3v) is 5.53. The first-order valence-electron chi connectivity index (χ1n) is 9.13. The summed E-state index contributed by atoms with van der Waals surface area (Å²) in [7, 11) is -3.79. The Bertz CT molecular complexity index is 611. The van der Waals surface area contributed by atoms with E-state index >= 15 is 0 Å². The molecule has 6 heteroatoms. The molecule has 0 aliphatic rings. The second-order valence-corrected chi connectivity index (χ2v) is 8.12. The van der Waals surface area contributed by atoms with Crippen molar-refractivity contribution in [2.45, 2.75) is 82.6 Å². The molecule has 25 heavy (non-hydrogen) atoms. The summed E-state index contributed by atoms with van der Waals surface area (Å²) in [5, 5.41) is 0. The van der Waals surface area contributed by atoms with Gasteiger partial charge in [0.2, 0.25) is 5.91 Å². The van der Waals surface area contributed by atoms with Crippen LogP contribution in [0.2, 0.25) is 0 Å². The number of unbranched alkanes of at least 4 members (excludes halogenated alkanes) is 4. The average molecular weight is 370 g/mol. The predicted molar refractivity (Wildman–Crippen MR) is 99.7 cm³/mol.